The first-order valence-electron chi connectivity index (χ1n) is 7.88. The Morgan fingerprint density at radius 3 is 2.64 bits per heavy atom. The molecule has 0 atom stereocenters. The lowest BCUT2D eigenvalue weighted by Crippen LogP contribution is -2.28. The van der Waals surface area contributed by atoms with Crippen molar-refractivity contribution in [1.29, 1.82) is 0 Å². The molecule has 0 aliphatic heterocycles. The van der Waals surface area contributed by atoms with Crippen molar-refractivity contribution < 1.29 is 19.2 Å². The normalized spacial score (nSPS) is 10.3. The second-order valence-corrected chi connectivity index (χ2v) is 5.23. The summed E-state index contributed by atoms with van der Waals surface area (Å²) < 4.78 is 10.7. The third-order valence-corrected chi connectivity index (χ3v) is 3.45. The molecule has 2 aromatic rings. The Labute approximate surface area is 145 Å². The summed E-state index contributed by atoms with van der Waals surface area (Å²) in [6.45, 7) is 3.19. The fourth-order valence-corrected chi connectivity index (χ4v) is 2.16. The molecule has 0 radical (unpaired) electrons. The number of carbonyl (C=O) groups is 1. The number of nitro groups is 1. The highest BCUT2D eigenvalue weighted by Gasteiger charge is 2.09. The van der Waals surface area contributed by atoms with Crippen molar-refractivity contribution in [1.82, 2.24) is 5.32 Å². The van der Waals surface area contributed by atoms with Crippen LogP contribution in [0.1, 0.15) is 18.1 Å². The number of nitro benzene ring substituents is 1. The lowest BCUT2D eigenvalue weighted by molar-refractivity contribution is -0.384. The van der Waals surface area contributed by atoms with Gasteiger partial charge in [0.1, 0.15) is 5.75 Å². The molecule has 0 saturated heterocycles. The zero-order valence-corrected chi connectivity index (χ0v) is 13.9. The molecule has 132 valence electrons. The molecule has 7 heteroatoms. The van der Waals surface area contributed by atoms with Gasteiger partial charge in [-0.05, 0) is 24.1 Å². The summed E-state index contributed by atoms with van der Waals surface area (Å²) in [6.07, 6.45) is 0. The molecular weight excluding hydrogens is 324 g/mol. The van der Waals surface area contributed by atoms with Crippen LogP contribution in [0.3, 0.4) is 0 Å². The van der Waals surface area contributed by atoms with Gasteiger partial charge in [-0.25, -0.2) is 0 Å². The van der Waals surface area contributed by atoms with E-state index in [0.29, 0.717) is 19.8 Å². The van der Waals surface area contributed by atoms with Gasteiger partial charge in [-0.15, -0.1) is 0 Å². The fourth-order valence-electron chi connectivity index (χ4n) is 2.16. The number of rotatable bonds is 9. The van der Waals surface area contributed by atoms with Crippen LogP contribution in [0.2, 0.25) is 0 Å². The topological polar surface area (TPSA) is 90.7 Å². The van der Waals surface area contributed by atoms with E-state index in [2.05, 4.69) is 5.32 Å². The van der Waals surface area contributed by atoms with Gasteiger partial charge in [0.15, 0.2) is 6.61 Å². The minimum absolute atomic E-state index is 0.0808. The highest BCUT2D eigenvalue weighted by molar-refractivity contribution is 5.77. The first kappa shape index (κ1) is 18.4. The summed E-state index contributed by atoms with van der Waals surface area (Å²) >= 11 is 0. The molecule has 0 heterocycles. The molecule has 0 unspecified atom stereocenters. The molecule has 25 heavy (non-hydrogen) atoms. The Morgan fingerprint density at radius 2 is 1.92 bits per heavy atom. The van der Waals surface area contributed by atoms with E-state index < -0.39 is 4.92 Å². The van der Waals surface area contributed by atoms with E-state index in [-0.39, 0.29) is 24.0 Å². The zero-order chi connectivity index (χ0) is 18.1. The molecule has 1 amide bonds. The molecule has 1 N–H and O–H groups in total. The average Bonchev–Trinajstić information content (AvgIpc) is 2.63. The van der Waals surface area contributed by atoms with Crippen LogP contribution in [-0.4, -0.2) is 24.0 Å². The number of nitrogens with one attached hydrogen (secondary N) is 1. The Kier molecular flexibility index (Phi) is 6.91. The SMILES string of the molecule is CCOCc1ccccc1CNC(=O)COc1cccc([N+](=O)[O-])c1. The highest BCUT2D eigenvalue weighted by atomic mass is 16.6. The third kappa shape index (κ3) is 5.89. The van der Waals surface area contributed by atoms with Crippen molar-refractivity contribution in [3.8, 4) is 5.75 Å². The van der Waals surface area contributed by atoms with Crippen LogP contribution in [0.15, 0.2) is 48.5 Å². The molecule has 2 aromatic carbocycles. The summed E-state index contributed by atoms with van der Waals surface area (Å²) in [5.74, 6) is -0.0289. The largest absolute Gasteiger partial charge is 0.484 e. The number of hydrogen-bond acceptors (Lipinski definition) is 5. The maximum absolute atomic E-state index is 11.9. The predicted molar refractivity (Wildman–Crippen MR) is 92.2 cm³/mol. The van der Waals surface area contributed by atoms with Gasteiger partial charge in [0.2, 0.25) is 0 Å². The fraction of sp³-hybridized carbons (Fsp3) is 0.278. The lowest BCUT2D eigenvalue weighted by atomic mass is 10.1. The molecule has 0 bridgehead atoms. The van der Waals surface area contributed by atoms with E-state index in [4.69, 9.17) is 9.47 Å². The van der Waals surface area contributed by atoms with Gasteiger partial charge in [0, 0.05) is 19.2 Å². The Balaban J connectivity index is 1.85. The Hall–Kier alpha value is -2.93. The van der Waals surface area contributed by atoms with Crippen LogP contribution in [0, 0.1) is 10.1 Å². The number of non-ortho nitro benzene ring substituents is 1. The summed E-state index contributed by atoms with van der Waals surface area (Å²) in [4.78, 5) is 22.1. The Morgan fingerprint density at radius 1 is 1.16 bits per heavy atom. The van der Waals surface area contributed by atoms with Crippen molar-refractivity contribution in [3.63, 3.8) is 0 Å². The highest BCUT2D eigenvalue weighted by Crippen LogP contribution is 2.18. The van der Waals surface area contributed by atoms with Crippen LogP contribution < -0.4 is 10.1 Å². The smallest absolute Gasteiger partial charge is 0.273 e. The van der Waals surface area contributed by atoms with Crippen LogP contribution in [0.4, 0.5) is 5.69 Å². The monoisotopic (exact) mass is 344 g/mol. The molecular formula is C18H20N2O5. The summed E-state index contributed by atoms with van der Waals surface area (Å²) in [7, 11) is 0. The second kappa shape index (κ2) is 9.39. The zero-order valence-electron chi connectivity index (χ0n) is 13.9. The lowest BCUT2D eigenvalue weighted by Gasteiger charge is -2.11. The maximum atomic E-state index is 11.9. The summed E-state index contributed by atoms with van der Waals surface area (Å²) in [6, 6.07) is 13.4. The minimum Gasteiger partial charge on any atom is -0.484 e. The molecule has 0 fully saturated rings. The van der Waals surface area contributed by atoms with Crippen molar-refractivity contribution in [3.05, 3.63) is 69.8 Å². The quantitative estimate of drug-likeness (QED) is 0.558. The van der Waals surface area contributed by atoms with Gasteiger partial charge < -0.3 is 14.8 Å². The summed E-state index contributed by atoms with van der Waals surface area (Å²) in [5, 5.41) is 13.5. The van der Waals surface area contributed by atoms with Crippen molar-refractivity contribution in [2.24, 2.45) is 0 Å². The van der Waals surface area contributed by atoms with Crippen LogP contribution in [-0.2, 0) is 22.7 Å². The second-order valence-electron chi connectivity index (χ2n) is 5.23. The number of hydrogen-bond donors (Lipinski definition) is 1. The number of benzene rings is 2. The maximum Gasteiger partial charge on any atom is 0.273 e. The van der Waals surface area contributed by atoms with Crippen LogP contribution in [0.25, 0.3) is 0 Å². The van der Waals surface area contributed by atoms with Gasteiger partial charge in [-0.2, -0.15) is 0 Å². The van der Waals surface area contributed by atoms with E-state index in [1.165, 1.54) is 18.2 Å². The van der Waals surface area contributed by atoms with E-state index in [9.17, 15) is 14.9 Å². The van der Waals surface area contributed by atoms with Gasteiger partial charge in [-0.3, -0.25) is 14.9 Å². The number of ether oxygens (including phenoxy) is 2. The number of carbonyl (C=O) groups excluding carboxylic acids is 1. The van der Waals surface area contributed by atoms with E-state index >= 15 is 0 Å². The molecule has 2 rings (SSSR count). The third-order valence-electron chi connectivity index (χ3n) is 3.45. The molecule has 0 aromatic heterocycles. The van der Waals surface area contributed by atoms with Crippen molar-refractivity contribution >= 4 is 11.6 Å². The standard InChI is InChI=1S/C18H20N2O5/c1-2-24-12-15-7-4-3-6-14(15)11-19-18(21)13-25-17-9-5-8-16(10-17)20(22)23/h3-10H,2,11-13H2,1H3,(H,19,21). The van der Waals surface area contributed by atoms with E-state index in [1.54, 1.807) is 6.07 Å². The molecule has 0 aliphatic carbocycles. The van der Waals surface area contributed by atoms with Crippen molar-refractivity contribution in [2.45, 2.75) is 20.1 Å². The molecule has 0 spiro atoms. The summed E-state index contributed by atoms with van der Waals surface area (Å²) in [5.41, 5.74) is 1.91. The number of amides is 1. The van der Waals surface area contributed by atoms with Crippen molar-refractivity contribution in [2.75, 3.05) is 13.2 Å². The minimum atomic E-state index is -0.512. The van der Waals surface area contributed by atoms with Crippen LogP contribution >= 0.6 is 0 Å². The van der Waals surface area contributed by atoms with Gasteiger partial charge in [-0.1, -0.05) is 30.3 Å². The first-order chi connectivity index (χ1) is 12.1. The van der Waals surface area contributed by atoms with Gasteiger partial charge >= 0.3 is 0 Å². The molecule has 0 saturated carbocycles. The number of nitrogens with zero attached hydrogens (tertiary/aromatic N) is 1. The predicted octanol–water partition coefficient (Wildman–Crippen LogP) is 2.83. The Bertz CT molecular complexity index is 733. The van der Waals surface area contributed by atoms with E-state index in [0.717, 1.165) is 11.1 Å². The van der Waals surface area contributed by atoms with Crippen LogP contribution in [0.5, 0.6) is 5.75 Å². The van der Waals surface area contributed by atoms with E-state index in [1.807, 2.05) is 31.2 Å². The molecule has 7 nitrogen and oxygen atoms in total. The first-order valence-corrected chi connectivity index (χ1v) is 7.88. The average molecular weight is 344 g/mol. The van der Waals surface area contributed by atoms with Gasteiger partial charge in [0.05, 0.1) is 17.6 Å². The molecule has 0 aliphatic rings. The van der Waals surface area contributed by atoms with Gasteiger partial charge in [0.25, 0.3) is 11.6 Å².